The van der Waals surface area contributed by atoms with Gasteiger partial charge in [-0.25, -0.2) is 0 Å². The van der Waals surface area contributed by atoms with Crippen molar-refractivity contribution < 1.29 is 19.1 Å². The summed E-state index contributed by atoms with van der Waals surface area (Å²) in [5.41, 5.74) is 5.62. The number of anilines is 1. The molecule has 0 aliphatic rings. The van der Waals surface area contributed by atoms with Crippen molar-refractivity contribution in [1.29, 1.82) is 0 Å². The van der Waals surface area contributed by atoms with Crippen LogP contribution in [0.4, 0.5) is 5.69 Å². The molecule has 0 heterocycles. The van der Waals surface area contributed by atoms with E-state index in [2.05, 4.69) is 21.2 Å². The molecule has 7 heteroatoms. The Labute approximate surface area is 154 Å². The SMILES string of the molecule is NC(=O)CCOc1ccccc1NC(=O)CCOc1cccc(Br)c1. The highest BCUT2D eigenvalue weighted by Gasteiger charge is 2.08. The van der Waals surface area contributed by atoms with Crippen LogP contribution in [0, 0.1) is 0 Å². The summed E-state index contributed by atoms with van der Waals surface area (Å²) in [5, 5.41) is 2.78. The maximum Gasteiger partial charge on any atom is 0.227 e. The third-order valence-corrected chi connectivity index (χ3v) is 3.65. The van der Waals surface area contributed by atoms with Gasteiger partial charge in [0.1, 0.15) is 11.5 Å². The molecule has 3 N–H and O–H groups in total. The second-order valence-corrected chi connectivity index (χ2v) is 6.08. The van der Waals surface area contributed by atoms with Crippen LogP contribution in [0.25, 0.3) is 0 Å². The fourth-order valence-electron chi connectivity index (χ4n) is 1.99. The van der Waals surface area contributed by atoms with Gasteiger partial charge >= 0.3 is 0 Å². The molecular weight excluding hydrogens is 388 g/mol. The molecule has 0 aliphatic heterocycles. The highest BCUT2D eigenvalue weighted by atomic mass is 79.9. The van der Waals surface area contributed by atoms with E-state index in [0.717, 1.165) is 4.47 Å². The second-order valence-electron chi connectivity index (χ2n) is 5.16. The van der Waals surface area contributed by atoms with Crippen LogP contribution in [0.1, 0.15) is 12.8 Å². The number of ether oxygens (including phenoxy) is 2. The Kier molecular flexibility index (Phi) is 7.28. The van der Waals surface area contributed by atoms with E-state index < -0.39 is 5.91 Å². The molecule has 0 saturated heterocycles. The van der Waals surface area contributed by atoms with Crippen molar-refractivity contribution in [3.8, 4) is 11.5 Å². The Morgan fingerprint density at radius 3 is 2.52 bits per heavy atom. The van der Waals surface area contributed by atoms with Crippen molar-refractivity contribution in [3.05, 3.63) is 53.0 Å². The van der Waals surface area contributed by atoms with E-state index in [9.17, 15) is 9.59 Å². The number of hydrogen-bond donors (Lipinski definition) is 2. The first kappa shape index (κ1) is 18.8. The van der Waals surface area contributed by atoms with Crippen LogP contribution in [0.2, 0.25) is 0 Å². The lowest BCUT2D eigenvalue weighted by atomic mass is 10.2. The fraction of sp³-hybridized carbons (Fsp3) is 0.222. The average molecular weight is 407 g/mol. The number of nitrogens with two attached hydrogens (primary N) is 1. The summed E-state index contributed by atoms with van der Waals surface area (Å²) >= 11 is 3.36. The van der Waals surface area contributed by atoms with Gasteiger partial charge in [-0.05, 0) is 30.3 Å². The number of primary amides is 1. The molecule has 0 unspecified atom stereocenters. The van der Waals surface area contributed by atoms with Crippen LogP contribution in [0.3, 0.4) is 0 Å². The van der Waals surface area contributed by atoms with Gasteiger partial charge in [0.15, 0.2) is 0 Å². The summed E-state index contributed by atoms with van der Waals surface area (Å²) in [4.78, 5) is 22.8. The summed E-state index contributed by atoms with van der Waals surface area (Å²) in [6.45, 7) is 0.418. The van der Waals surface area contributed by atoms with Gasteiger partial charge < -0.3 is 20.5 Å². The third-order valence-electron chi connectivity index (χ3n) is 3.16. The van der Waals surface area contributed by atoms with Gasteiger partial charge in [-0.3, -0.25) is 9.59 Å². The predicted molar refractivity (Wildman–Crippen MR) is 98.6 cm³/mol. The molecule has 0 atom stereocenters. The quantitative estimate of drug-likeness (QED) is 0.669. The Morgan fingerprint density at radius 2 is 1.76 bits per heavy atom. The lowest BCUT2D eigenvalue weighted by Gasteiger charge is -2.12. The molecule has 0 radical (unpaired) electrons. The van der Waals surface area contributed by atoms with Crippen LogP contribution in [0.15, 0.2) is 53.0 Å². The first-order chi connectivity index (χ1) is 12.0. The zero-order valence-electron chi connectivity index (χ0n) is 13.5. The van der Waals surface area contributed by atoms with E-state index in [4.69, 9.17) is 15.2 Å². The van der Waals surface area contributed by atoms with E-state index in [1.165, 1.54) is 0 Å². The minimum atomic E-state index is -0.439. The van der Waals surface area contributed by atoms with Crippen molar-refractivity contribution in [2.75, 3.05) is 18.5 Å². The maximum absolute atomic E-state index is 12.1. The van der Waals surface area contributed by atoms with Crippen molar-refractivity contribution in [2.24, 2.45) is 5.73 Å². The van der Waals surface area contributed by atoms with Gasteiger partial charge in [0, 0.05) is 4.47 Å². The summed E-state index contributed by atoms with van der Waals surface area (Å²) in [5.74, 6) is 0.550. The van der Waals surface area contributed by atoms with E-state index in [-0.39, 0.29) is 32.0 Å². The highest BCUT2D eigenvalue weighted by molar-refractivity contribution is 9.10. The second kappa shape index (κ2) is 9.68. The molecule has 2 aromatic rings. The number of carbonyl (C=O) groups is 2. The minimum Gasteiger partial charge on any atom is -0.493 e. The first-order valence-electron chi connectivity index (χ1n) is 7.73. The van der Waals surface area contributed by atoms with Gasteiger partial charge in [0.25, 0.3) is 0 Å². The number of para-hydroxylation sites is 2. The zero-order valence-corrected chi connectivity index (χ0v) is 15.1. The summed E-state index contributed by atoms with van der Waals surface area (Å²) in [6.07, 6.45) is 0.310. The van der Waals surface area contributed by atoms with Gasteiger partial charge in [-0.1, -0.05) is 34.1 Å². The molecule has 6 nitrogen and oxygen atoms in total. The van der Waals surface area contributed by atoms with Gasteiger partial charge in [-0.2, -0.15) is 0 Å². The van der Waals surface area contributed by atoms with Crippen LogP contribution in [-0.4, -0.2) is 25.0 Å². The van der Waals surface area contributed by atoms with Gasteiger partial charge in [0.2, 0.25) is 11.8 Å². The first-order valence-corrected chi connectivity index (χ1v) is 8.52. The van der Waals surface area contributed by atoms with Crippen LogP contribution in [-0.2, 0) is 9.59 Å². The smallest absolute Gasteiger partial charge is 0.227 e. The van der Waals surface area contributed by atoms with Crippen molar-refractivity contribution in [2.45, 2.75) is 12.8 Å². The molecule has 0 aliphatic carbocycles. The molecule has 0 saturated carbocycles. The topological polar surface area (TPSA) is 90.7 Å². The molecule has 0 aromatic heterocycles. The Balaban J connectivity index is 1.82. The van der Waals surface area contributed by atoms with E-state index in [1.54, 1.807) is 24.3 Å². The molecular formula is C18H19BrN2O4. The van der Waals surface area contributed by atoms with E-state index in [0.29, 0.717) is 17.2 Å². The van der Waals surface area contributed by atoms with Crippen LogP contribution < -0.4 is 20.5 Å². The number of rotatable bonds is 9. The highest BCUT2D eigenvalue weighted by Crippen LogP contribution is 2.24. The normalized spacial score (nSPS) is 10.1. The molecule has 2 aromatic carbocycles. The van der Waals surface area contributed by atoms with Crippen LogP contribution in [0.5, 0.6) is 11.5 Å². The Morgan fingerprint density at radius 1 is 1.00 bits per heavy atom. The van der Waals surface area contributed by atoms with E-state index >= 15 is 0 Å². The number of amides is 2. The number of hydrogen-bond acceptors (Lipinski definition) is 4. The van der Waals surface area contributed by atoms with Crippen molar-refractivity contribution in [1.82, 2.24) is 0 Å². The van der Waals surface area contributed by atoms with Crippen molar-refractivity contribution >= 4 is 33.4 Å². The van der Waals surface area contributed by atoms with Crippen LogP contribution >= 0.6 is 15.9 Å². The number of carbonyl (C=O) groups excluding carboxylic acids is 2. The largest absolute Gasteiger partial charge is 0.493 e. The Hall–Kier alpha value is -2.54. The molecule has 0 spiro atoms. The standard InChI is InChI=1S/C18H19BrN2O4/c19-13-4-3-5-14(12-13)24-11-9-18(23)21-15-6-1-2-7-16(15)25-10-8-17(20)22/h1-7,12H,8-11H2,(H2,20,22)(H,21,23). The van der Waals surface area contributed by atoms with Crippen molar-refractivity contribution in [3.63, 3.8) is 0 Å². The van der Waals surface area contributed by atoms with E-state index in [1.807, 2.05) is 24.3 Å². The molecule has 0 bridgehead atoms. The molecule has 2 rings (SSSR count). The fourth-order valence-corrected chi connectivity index (χ4v) is 2.37. The van der Waals surface area contributed by atoms with Gasteiger partial charge in [0.05, 0.1) is 31.7 Å². The summed E-state index contributed by atoms with van der Waals surface area (Å²) in [7, 11) is 0. The molecule has 0 fully saturated rings. The minimum absolute atomic E-state index is 0.114. The predicted octanol–water partition coefficient (Wildman–Crippen LogP) is 3.11. The molecule has 2 amide bonds. The lowest BCUT2D eigenvalue weighted by Crippen LogP contribution is -2.17. The zero-order chi connectivity index (χ0) is 18.1. The summed E-state index contributed by atoms with van der Waals surface area (Å²) in [6, 6.07) is 14.4. The molecule has 132 valence electrons. The summed E-state index contributed by atoms with van der Waals surface area (Å²) < 4.78 is 11.9. The number of halogens is 1. The maximum atomic E-state index is 12.1. The number of benzene rings is 2. The lowest BCUT2D eigenvalue weighted by molar-refractivity contribution is -0.118. The molecule has 25 heavy (non-hydrogen) atoms. The number of nitrogens with one attached hydrogen (secondary N) is 1. The third kappa shape index (κ3) is 6.84. The monoisotopic (exact) mass is 406 g/mol. The Bertz CT molecular complexity index is 737. The van der Waals surface area contributed by atoms with Gasteiger partial charge in [-0.15, -0.1) is 0 Å². The average Bonchev–Trinajstić information content (AvgIpc) is 2.56.